The van der Waals surface area contributed by atoms with Crippen LogP contribution in [-0.4, -0.2) is 52.7 Å². The first-order valence-electron chi connectivity index (χ1n) is 8.24. The highest BCUT2D eigenvalue weighted by Gasteiger charge is 2.49. The van der Waals surface area contributed by atoms with Gasteiger partial charge in [-0.25, -0.2) is 0 Å². The second-order valence-corrected chi connectivity index (χ2v) is 6.30. The van der Waals surface area contributed by atoms with Gasteiger partial charge in [0.2, 0.25) is 5.91 Å². The summed E-state index contributed by atoms with van der Waals surface area (Å²) in [6.45, 7) is 0.904. The fourth-order valence-electron chi connectivity index (χ4n) is 3.62. The van der Waals surface area contributed by atoms with Crippen molar-refractivity contribution in [3.8, 4) is 0 Å². The maximum absolute atomic E-state index is 12.7. The standard InChI is InChI=1S/C18H18N4O3/c23-16-12-25-15-11-22(17(24)14-7-4-9-19-21-14)10-8-18(15,20-16)13-5-2-1-3-6-13/h1-7,9,15H,8,10-12H2,(H,20,23)/t15-,18+/m1/s1. The van der Waals surface area contributed by atoms with E-state index in [1.54, 1.807) is 17.0 Å². The Morgan fingerprint density at radius 1 is 1.24 bits per heavy atom. The van der Waals surface area contributed by atoms with Gasteiger partial charge in [-0.05, 0) is 24.1 Å². The summed E-state index contributed by atoms with van der Waals surface area (Å²) in [4.78, 5) is 26.4. The maximum Gasteiger partial charge on any atom is 0.274 e. The number of carbonyl (C=O) groups excluding carboxylic acids is 2. The Morgan fingerprint density at radius 3 is 2.84 bits per heavy atom. The van der Waals surface area contributed by atoms with Crippen LogP contribution in [0.4, 0.5) is 0 Å². The third-order valence-corrected chi connectivity index (χ3v) is 4.86. The molecule has 7 nitrogen and oxygen atoms in total. The van der Waals surface area contributed by atoms with Crippen molar-refractivity contribution < 1.29 is 14.3 Å². The Kier molecular flexibility index (Phi) is 3.93. The van der Waals surface area contributed by atoms with Gasteiger partial charge in [-0.2, -0.15) is 5.10 Å². The van der Waals surface area contributed by atoms with Crippen LogP contribution in [0.3, 0.4) is 0 Å². The van der Waals surface area contributed by atoms with E-state index in [1.807, 2.05) is 30.3 Å². The average Bonchev–Trinajstić information content (AvgIpc) is 2.68. The second-order valence-electron chi connectivity index (χ2n) is 6.30. The van der Waals surface area contributed by atoms with Crippen molar-refractivity contribution in [2.45, 2.75) is 18.1 Å². The Balaban J connectivity index is 1.62. The Bertz CT molecular complexity index is 783. The topological polar surface area (TPSA) is 84.4 Å². The van der Waals surface area contributed by atoms with E-state index in [2.05, 4.69) is 15.5 Å². The summed E-state index contributed by atoms with van der Waals surface area (Å²) in [6, 6.07) is 13.1. The van der Waals surface area contributed by atoms with Crippen LogP contribution in [0.5, 0.6) is 0 Å². The number of hydrogen-bond donors (Lipinski definition) is 1. The maximum atomic E-state index is 12.7. The van der Waals surface area contributed by atoms with E-state index in [9.17, 15) is 9.59 Å². The third-order valence-electron chi connectivity index (χ3n) is 4.86. The normalized spacial score (nSPS) is 25.8. The van der Waals surface area contributed by atoms with Gasteiger partial charge in [0.1, 0.15) is 12.7 Å². The number of carbonyl (C=O) groups is 2. The molecule has 0 unspecified atom stereocenters. The van der Waals surface area contributed by atoms with Gasteiger partial charge < -0.3 is 15.0 Å². The highest BCUT2D eigenvalue weighted by Crippen LogP contribution is 2.37. The molecule has 0 saturated carbocycles. The lowest BCUT2D eigenvalue weighted by molar-refractivity contribution is -0.150. The van der Waals surface area contributed by atoms with Crippen LogP contribution in [-0.2, 0) is 15.1 Å². The van der Waals surface area contributed by atoms with Gasteiger partial charge in [0.25, 0.3) is 5.91 Å². The number of hydrogen-bond acceptors (Lipinski definition) is 5. The zero-order chi connectivity index (χ0) is 17.3. The van der Waals surface area contributed by atoms with Gasteiger partial charge in [-0.15, -0.1) is 5.10 Å². The molecule has 128 valence electrons. The largest absolute Gasteiger partial charge is 0.364 e. The van der Waals surface area contributed by atoms with Crippen molar-refractivity contribution in [2.75, 3.05) is 19.7 Å². The molecule has 0 spiro atoms. The molecule has 2 aliphatic rings. The minimum absolute atomic E-state index is 0.00637. The predicted molar refractivity (Wildman–Crippen MR) is 88.6 cm³/mol. The van der Waals surface area contributed by atoms with Crippen LogP contribution in [0.25, 0.3) is 0 Å². The van der Waals surface area contributed by atoms with Crippen molar-refractivity contribution in [1.29, 1.82) is 0 Å². The van der Waals surface area contributed by atoms with Crippen LogP contribution >= 0.6 is 0 Å². The van der Waals surface area contributed by atoms with E-state index in [1.165, 1.54) is 6.20 Å². The average molecular weight is 338 g/mol. The lowest BCUT2D eigenvalue weighted by Gasteiger charge is -2.50. The highest BCUT2D eigenvalue weighted by molar-refractivity contribution is 5.92. The van der Waals surface area contributed by atoms with Gasteiger partial charge >= 0.3 is 0 Å². The van der Waals surface area contributed by atoms with E-state index < -0.39 is 5.54 Å². The first kappa shape index (κ1) is 15.7. The molecule has 3 heterocycles. The number of fused-ring (bicyclic) bond motifs is 1. The number of nitrogens with one attached hydrogen (secondary N) is 1. The summed E-state index contributed by atoms with van der Waals surface area (Å²) < 4.78 is 5.83. The number of amides is 2. The minimum Gasteiger partial charge on any atom is -0.364 e. The molecule has 0 radical (unpaired) electrons. The number of likely N-dealkylation sites (tertiary alicyclic amines) is 1. The molecular weight excluding hydrogens is 320 g/mol. The molecule has 2 fully saturated rings. The summed E-state index contributed by atoms with van der Waals surface area (Å²) in [5, 5.41) is 10.8. The van der Waals surface area contributed by atoms with Crippen molar-refractivity contribution in [2.24, 2.45) is 0 Å². The Morgan fingerprint density at radius 2 is 2.08 bits per heavy atom. The van der Waals surface area contributed by atoms with Crippen LogP contribution in [0.1, 0.15) is 22.5 Å². The monoisotopic (exact) mass is 338 g/mol. The fraction of sp³-hybridized carbons (Fsp3) is 0.333. The molecule has 1 aromatic carbocycles. The molecule has 2 aromatic rings. The van der Waals surface area contributed by atoms with Crippen LogP contribution < -0.4 is 5.32 Å². The molecule has 0 bridgehead atoms. The highest BCUT2D eigenvalue weighted by atomic mass is 16.5. The van der Waals surface area contributed by atoms with Crippen molar-refractivity contribution in [3.05, 3.63) is 59.9 Å². The summed E-state index contributed by atoms with van der Waals surface area (Å²) >= 11 is 0. The molecular formula is C18H18N4O3. The number of benzene rings is 1. The fourth-order valence-corrected chi connectivity index (χ4v) is 3.62. The number of morpholine rings is 1. The quantitative estimate of drug-likeness (QED) is 0.873. The van der Waals surface area contributed by atoms with Crippen LogP contribution in [0.15, 0.2) is 48.7 Å². The van der Waals surface area contributed by atoms with Gasteiger partial charge in [0, 0.05) is 19.3 Å². The number of ether oxygens (including phenoxy) is 1. The smallest absolute Gasteiger partial charge is 0.274 e. The van der Waals surface area contributed by atoms with Gasteiger partial charge in [-0.3, -0.25) is 9.59 Å². The summed E-state index contributed by atoms with van der Waals surface area (Å²) in [6.07, 6.45) is 1.81. The molecule has 0 aliphatic carbocycles. The van der Waals surface area contributed by atoms with Gasteiger partial charge in [0.15, 0.2) is 5.69 Å². The van der Waals surface area contributed by atoms with Gasteiger partial charge in [0.05, 0.1) is 5.54 Å². The van der Waals surface area contributed by atoms with E-state index in [4.69, 9.17) is 4.74 Å². The van der Waals surface area contributed by atoms with E-state index in [-0.39, 0.29) is 24.5 Å². The lowest BCUT2D eigenvalue weighted by atomic mass is 9.77. The summed E-state index contributed by atoms with van der Waals surface area (Å²) in [7, 11) is 0. The number of piperidine rings is 1. The molecule has 2 aliphatic heterocycles. The second kappa shape index (κ2) is 6.25. The molecule has 25 heavy (non-hydrogen) atoms. The van der Waals surface area contributed by atoms with Crippen LogP contribution in [0, 0.1) is 0 Å². The van der Waals surface area contributed by atoms with E-state index in [0.29, 0.717) is 25.2 Å². The van der Waals surface area contributed by atoms with E-state index in [0.717, 1.165) is 5.56 Å². The Hall–Kier alpha value is -2.80. The number of nitrogens with zero attached hydrogens (tertiary/aromatic N) is 3. The summed E-state index contributed by atoms with van der Waals surface area (Å²) in [5.41, 5.74) is 0.713. The van der Waals surface area contributed by atoms with Crippen LogP contribution in [0.2, 0.25) is 0 Å². The van der Waals surface area contributed by atoms with E-state index >= 15 is 0 Å². The molecule has 2 saturated heterocycles. The molecule has 7 heteroatoms. The van der Waals surface area contributed by atoms with Crippen molar-refractivity contribution >= 4 is 11.8 Å². The molecule has 1 aromatic heterocycles. The first-order valence-corrected chi connectivity index (χ1v) is 8.24. The van der Waals surface area contributed by atoms with Crippen molar-refractivity contribution in [1.82, 2.24) is 20.4 Å². The summed E-state index contributed by atoms with van der Waals surface area (Å²) in [5.74, 6) is -0.302. The molecule has 4 rings (SSSR count). The predicted octanol–water partition coefficient (Wildman–Crippen LogP) is 0.733. The Labute approximate surface area is 145 Å². The molecule has 2 amide bonds. The third kappa shape index (κ3) is 2.76. The molecule has 2 atom stereocenters. The van der Waals surface area contributed by atoms with Gasteiger partial charge in [-0.1, -0.05) is 30.3 Å². The number of rotatable bonds is 2. The first-order chi connectivity index (χ1) is 12.2. The number of aromatic nitrogens is 2. The SMILES string of the molecule is O=C1CO[C@@H]2CN(C(=O)c3cccnn3)CC[C@@]2(c2ccccc2)N1. The zero-order valence-corrected chi connectivity index (χ0v) is 13.6. The molecule has 1 N–H and O–H groups in total. The minimum atomic E-state index is -0.601. The van der Waals surface area contributed by atoms with Crippen molar-refractivity contribution in [3.63, 3.8) is 0 Å². The zero-order valence-electron chi connectivity index (χ0n) is 13.6. The lowest BCUT2D eigenvalue weighted by Crippen LogP contribution is -2.67.